The van der Waals surface area contributed by atoms with Crippen LogP contribution in [0.4, 0.5) is 0 Å². The Bertz CT molecular complexity index is 382. The summed E-state index contributed by atoms with van der Waals surface area (Å²) in [5, 5.41) is 17.5. The second-order valence-corrected chi connectivity index (χ2v) is 2.90. The van der Waals surface area contributed by atoms with E-state index < -0.39 is 5.97 Å². The van der Waals surface area contributed by atoms with E-state index in [2.05, 4.69) is 0 Å². The number of rotatable bonds is 4. The van der Waals surface area contributed by atoms with Crippen molar-refractivity contribution in [2.75, 3.05) is 7.11 Å². The molecule has 4 heteroatoms. The average Bonchev–Trinajstić information content (AvgIpc) is 2.25. The minimum Gasteiger partial charge on any atom is -0.496 e. The summed E-state index contributed by atoms with van der Waals surface area (Å²) in [6, 6.07) is 5.09. The molecule has 0 aliphatic rings. The number of carboxylic acid groups (broad SMARTS) is 1. The van der Waals surface area contributed by atoms with E-state index in [-0.39, 0.29) is 6.61 Å². The molecule has 0 amide bonds. The topological polar surface area (TPSA) is 66.8 Å². The molecular formula is C11H12O4. The molecule has 15 heavy (non-hydrogen) atoms. The van der Waals surface area contributed by atoms with E-state index in [0.29, 0.717) is 16.9 Å². The molecule has 1 aromatic carbocycles. The number of methoxy groups -OCH3 is 1. The third-order valence-electron chi connectivity index (χ3n) is 1.89. The first-order chi connectivity index (χ1) is 7.17. The van der Waals surface area contributed by atoms with E-state index in [9.17, 15) is 4.79 Å². The Labute approximate surface area is 87.4 Å². The predicted octanol–water partition coefficient (Wildman–Crippen LogP) is 1.29. The van der Waals surface area contributed by atoms with Crippen LogP contribution in [0.1, 0.15) is 11.1 Å². The summed E-state index contributed by atoms with van der Waals surface area (Å²) < 4.78 is 5.02. The normalized spacial score (nSPS) is 10.5. The maximum absolute atomic E-state index is 10.3. The van der Waals surface area contributed by atoms with Gasteiger partial charge in [0.05, 0.1) is 13.7 Å². The van der Waals surface area contributed by atoms with Crippen LogP contribution in [0.5, 0.6) is 5.75 Å². The van der Waals surface area contributed by atoms with Crippen LogP contribution in [0, 0.1) is 0 Å². The molecule has 0 spiro atoms. The lowest BCUT2D eigenvalue weighted by molar-refractivity contribution is -0.131. The second kappa shape index (κ2) is 5.17. The summed E-state index contributed by atoms with van der Waals surface area (Å²) in [5.74, 6) is -0.415. The molecule has 0 atom stereocenters. The Balaban J connectivity index is 2.97. The van der Waals surface area contributed by atoms with Crippen molar-refractivity contribution in [3.8, 4) is 5.75 Å². The van der Waals surface area contributed by atoms with Gasteiger partial charge in [0, 0.05) is 11.6 Å². The van der Waals surface area contributed by atoms with Gasteiger partial charge in [0.15, 0.2) is 0 Å². The van der Waals surface area contributed by atoms with Gasteiger partial charge >= 0.3 is 5.97 Å². The van der Waals surface area contributed by atoms with Gasteiger partial charge in [-0.15, -0.1) is 0 Å². The molecule has 0 aromatic heterocycles. The van der Waals surface area contributed by atoms with Crippen molar-refractivity contribution in [2.24, 2.45) is 0 Å². The quantitative estimate of drug-likeness (QED) is 0.731. The standard InChI is InChI=1S/C11H12O4/c1-15-10-4-2-8(3-5-11(13)14)6-9(10)7-12/h2-6,12H,7H2,1H3,(H,13,14). The summed E-state index contributed by atoms with van der Waals surface area (Å²) in [6.45, 7) is -0.141. The Morgan fingerprint density at radius 2 is 2.27 bits per heavy atom. The first kappa shape index (κ1) is 11.3. The molecule has 1 rings (SSSR count). The third kappa shape index (κ3) is 3.11. The van der Waals surface area contributed by atoms with E-state index in [1.165, 1.54) is 13.2 Å². The van der Waals surface area contributed by atoms with Crippen LogP contribution in [-0.2, 0) is 11.4 Å². The number of benzene rings is 1. The molecule has 0 saturated carbocycles. The van der Waals surface area contributed by atoms with Crippen molar-refractivity contribution in [1.82, 2.24) is 0 Å². The van der Waals surface area contributed by atoms with Gasteiger partial charge in [0.25, 0.3) is 0 Å². The molecule has 0 radical (unpaired) electrons. The van der Waals surface area contributed by atoms with Crippen molar-refractivity contribution in [1.29, 1.82) is 0 Å². The number of carbonyl (C=O) groups is 1. The second-order valence-electron chi connectivity index (χ2n) is 2.90. The fraction of sp³-hybridized carbons (Fsp3) is 0.182. The first-order valence-electron chi connectivity index (χ1n) is 4.36. The SMILES string of the molecule is COc1ccc(C=CC(=O)O)cc1CO. The van der Waals surface area contributed by atoms with Crippen molar-refractivity contribution >= 4 is 12.0 Å². The van der Waals surface area contributed by atoms with Gasteiger partial charge in [0.1, 0.15) is 5.75 Å². The molecule has 0 unspecified atom stereocenters. The molecule has 0 bridgehead atoms. The molecular weight excluding hydrogens is 196 g/mol. The van der Waals surface area contributed by atoms with Crippen molar-refractivity contribution < 1.29 is 19.7 Å². The van der Waals surface area contributed by atoms with E-state index in [1.807, 2.05) is 0 Å². The monoisotopic (exact) mass is 208 g/mol. The number of aliphatic carboxylic acids is 1. The lowest BCUT2D eigenvalue weighted by atomic mass is 10.1. The zero-order chi connectivity index (χ0) is 11.3. The molecule has 0 fully saturated rings. The van der Waals surface area contributed by atoms with Gasteiger partial charge in [-0.1, -0.05) is 6.07 Å². The van der Waals surface area contributed by atoms with Crippen LogP contribution >= 0.6 is 0 Å². The minimum atomic E-state index is -1.00. The van der Waals surface area contributed by atoms with Crippen LogP contribution < -0.4 is 4.74 Å². The van der Waals surface area contributed by atoms with Gasteiger partial charge in [-0.05, 0) is 23.8 Å². The highest BCUT2D eigenvalue weighted by Crippen LogP contribution is 2.20. The highest BCUT2D eigenvalue weighted by Gasteiger charge is 2.01. The van der Waals surface area contributed by atoms with E-state index in [0.717, 1.165) is 6.08 Å². The number of aliphatic hydroxyl groups is 1. The van der Waals surface area contributed by atoms with Gasteiger partial charge in [-0.2, -0.15) is 0 Å². The lowest BCUT2D eigenvalue weighted by Gasteiger charge is -2.06. The summed E-state index contributed by atoms with van der Waals surface area (Å²) in [7, 11) is 1.52. The molecule has 1 aromatic rings. The predicted molar refractivity (Wildman–Crippen MR) is 55.6 cm³/mol. The fourth-order valence-electron chi connectivity index (χ4n) is 1.19. The number of ether oxygens (including phenoxy) is 1. The summed E-state index contributed by atoms with van der Waals surface area (Å²) in [5.41, 5.74) is 1.34. The number of carboxylic acids is 1. The van der Waals surface area contributed by atoms with Crippen LogP contribution in [0.25, 0.3) is 6.08 Å². The summed E-state index contributed by atoms with van der Waals surface area (Å²) >= 11 is 0. The van der Waals surface area contributed by atoms with Gasteiger partial charge < -0.3 is 14.9 Å². The number of aliphatic hydroxyl groups excluding tert-OH is 1. The Hall–Kier alpha value is -1.81. The summed E-state index contributed by atoms with van der Waals surface area (Å²) in [6.07, 6.45) is 2.50. The molecule has 4 nitrogen and oxygen atoms in total. The average molecular weight is 208 g/mol. The van der Waals surface area contributed by atoms with E-state index in [4.69, 9.17) is 14.9 Å². The van der Waals surface area contributed by atoms with E-state index in [1.54, 1.807) is 18.2 Å². The molecule has 2 N–H and O–H groups in total. The largest absolute Gasteiger partial charge is 0.496 e. The zero-order valence-electron chi connectivity index (χ0n) is 8.30. The van der Waals surface area contributed by atoms with Crippen molar-refractivity contribution in [3.63, 3.8) is 0 Å². The van der Waals surface area contributed by atoms with Gasteiger partial charge in [0.2, 0.25) is 0 Å². The van der Waals surface area contributed by atoms with Gasteiger partial charge in [-0.25, -0.2) is 4.79 Å². The minimum absolute atomic E-state index is 0.141. The maximum Gasteiger partial charge on any atom is 0.328 e. The van der Waals surface area contributed by atoms with Crippen LogP contribution in [-0.4, -0.2) is 23.3 Å². The van der Waals surface area contributed by atoms with Crippen molar-refractivity contribution in [3.05, 3.63) is 35.4 Å². The Morgan fingerprint density at radius 3 is 2.80 bits per heavy atom. The molecule has 80 valence electrons. The molecule has 0 saturated heterocycles. The third-order valence-corrected chi connectivity index (χ3v) is 1.89. The van der Waals surface area contributed by atoms with E-state index >= 15 is 0 Å². The number of hydrogen-bond donors (Lipinski definition) is 2. The zero-order valence-corrected chi connectivity index (χ0v) is 8.30. The summed E-state index contributed by atoms with van der Waals surface area (Å²) in [4.78, 5) is 10.3. The smallest absolute Gasteiger partial charge is 0.328 e. The first-order valence-corrected chi connectivity index (χ1v) is 4.36. The number of hydrogen-bond acceptors (Lipinski definition) is 3. The van der Waals surface area contributed by atoms with Gasteiger partial charge in [-0.3, -0.25) is 0 Å². The highest BCUT2D eigenvalue weighted by molar-refractivity contribution is 5.85. The molecule has 0 aliphatic carbocycles. The maximum atomic E-state index is 10.3. The molecule has 0 aliphatic heterocycles. The van der Waals surface area contributed by atoms with Crippen LogP contribution in [0.3, 0.4) is 0 Å². The Kier molecular flexibility index (Phi) is 3.88. The van der Waals surface area contributed by atoms with Crippen LogP contribution in [0.15, 0.2) is 24.3 Å². The fourth-order valence-corrected chi connectivity index (χ4v) is 1.19. The van der Waals surface area contributed by atoms with Crippen LogP contribution in [0.2, 0.25) is 0 Å². The highest BCUT2D eigenvalue weighted by atomic mass is 16.5. The lowest BCUT2D eigenvalue weighted by Crippen LogP contribution is -1.92. The molecule has 0 heterocycles. The van der Waals surface area contributed by atoms with Crippen molar-refractivity contribution in [2.45, 2.75) is 6.61 Å². The Morgan fingerprint density at radius 1 is 1.53 bits per heavy atom.